The summed E-state index contributed by atoms with van der Waals surface area (Å²) in [5.74, 6) is 0. The van der Waals surface area contributed by atoms with Gasteiger partial charge in [0.25, 0.3) is 5.09 Å². The Morgan fingerprint density at radius 1 is 1.44 bits per heavy atom. The van der Waals surface area contributed by atoms with Gasteiger partial charge in [0.2, 0.25) is 0 Å². The summed E-state index contributed by atoms with van der Waals surface area (Å²) in [6, 6.07) is -1.07. The molecule has 9 nitrogen and oxygen atoms in total. The summed E-state index contributed by atoms with van der Waals surface area (Å²) < 4.78 is 10.6. The molecule has 0 saturated carbocycles. The van der Waals surface area contributed by atoms with E-state index in [1.54, 1.807) is 0 Å². The van der Waals surface area contributed by atoms with Gasteiger partial charge in [0.15, 0.2) is 6.10 Å². The number of hydrogen-bond acceptors (Lipinski definition) is 6. The Balaban J connectivity index is 1.95. The zero-order chi connectivity index (χ0) is 11.7. The average molecular weight is 233 g/mol. The smallest absolute Gasteiger partial charge is 0.312 e. The topological polar surface area (TPSA) is 126 Å². The van der Waals surface area contributed by atoms with Crippen molar-refractivity contribution in [2.24, 2.45) is 5.73 Å². The van der Waals surface area contributed by atoms with Crippen molar-refractivity contribution in [3.63, 3.8) is 0 Å². The van der Waals surface area contributed by atoms with Crippen LogP contribution in [0.15, 0.2) is 0 Å². The zero-order valence-electron chi connectivity index (χ0n) is 8.20. The SMILES string of the molecule is NC(=O)N[C@@H]1CO[C@H]2[C@@H]1OC[C@@H]2O[N+](=O)[O-]. The summed E-state index contributed by atoms with van der Waals surface area (Å²) in [4.78, 5) is 25.3. The lowest BCUT2D eigenvalue weighted by Gasteiger charge is -2.15. The van der Waals surface area contributed by atoms with Crippen molar-refractivity contribution in [3.8, 4) is 0 Å². The van der Waals surface area contributed by atoms with E-state index >= 15 is 0 Å². The Hall–Kier alpha value is -1.61. The third-order valence-corrected chi connectivity index (χ3v) is 2.56. The van der Waals surface area contributed by atoms with Gasteiger partial charge in [0, 0.05) is 0 Å². The average Bonchev–Trinajstić information content (AvgIpc) is 2.70. The van der Waals surface area contributed by atoms with Crippen molar-refractivity contribution < 1.29 is 24.2 Å². The minimum atomic E-state index is -0.880. The molecule has 2 aliphatic rings. The maximum atomic E-state index is 10.7. The molecule has 2 aliphatic heterocycles. The van der Waals surface area contributed by atoms with E-state index in [0.717, 1.165) is 0 Å². The van der Waals surface area contributed by atoms with Crippen LogP contribution in [-0.4, -0.2) is 48.7 Å². The molecule has 0 bridgehead atoms. The summed E-state index contributed by atoms with van der Waals surface area (Å²) in [5, 5.41) is 11.8. The van der Waals surface area contributed by atoms with Crippen LogP contribution in [0.3, 0.4) is 0 Å². The number of fused-ring (bicyclic) bond motifs is 1. The van der Waals surface area contributed by atoms with Gasteiger partial charge in [0.05, 0.1) is 19.3 Å². The van der Waals surface area contributed by atoms with E-state index in [2.05, 4.69) is 10.2 Å². The summed E-state index contributed by atoms with van der Waals surface area (Å²) in [6.45, 7) is 0.267. The number of rotatable bonds is 3. The normalized spacial score (nSPS) is 36.8. The number of nitrogens with two attached hydrogens (primary N) is 1. The van der Waals surface area contributed by atoms with Gasteiger partial charge in [0.1, 0.15) is 12.2 Å². The van der Waals surface area contributed by atoms with E-state index in [1.807, 2.05) is 0 Å². The molecule has 2 rings (SSSR count). The first-order valence-corrected chi connectivity index (χ1v) is 4.68. The Bertz CT molecular complexity index is 280. The number of carbonyl (C=O) groups excluding carboxylic acids is 1. The molecule has 2 fully saturated rings. The lowest BCUT2D eigenvalue weighted by molar-refractivity contribution is -0.769. The zero-order valence-corrected chi connectivity index (χ0v) is 8.20. The summed E-state index contributed by atoms with van der Waals surface area (Å²) in [5.41, 5.74) is 4.97. The molecule has 0 unspecified atom stereocenters. The van der Waals surface area contributed by atoms with Gasteiger partial charge in [-0.2, -0.15) is 0 Å². The van der Waals surface area contributed by atoms with Gasteiger partial charge in [-0.25, -0.2) is 4.79 Å². The van der Waals surface area contributed by atoms with Crippen molar-refractivity contribution in [3.05, 3.63) is 10.1 Å². The van der Waals surface area contributed by atoms with Crippen molar-refractivity contribution in [2.45, 2.75) is 24.4 Å². The summed E-state index contributed by atoms with van der Waals surface area (Å²) in [7, 11) is 0. The molecule has 2 heterocycles. The van der Waals surface area contributed by atoms with Crippen molar-refractivity contribution >= 4 is 6.03 Å². The van der Waals surface area contributed by atoms with Crippen LogP contribution in [0.25, 0.3) is 0 Å². The van der Waals surface area contributed by atoms with Gasteiger partial charge < -0.3 is 25.4 Å². The Kier molecular flexibility index (Phi) is 2.79. The number of urea groups is 1. The molecule has 16 heavy (non-hydrogen) atoms. The molecular weight excluding hydrogens is 222 g/mol. The highest BCUT2D eigenvalue weighted by atomic mass is 17.0. The van der Waals surface area contributed by atoms with Crippen LogP contribution < -0.4 is 11.1 Å². The Labute approximate surface area is 89.9 Å². The number of ether oxygens (including phenoxy) is 2. The Morgan fingerprint density at radius 2 is 2.12 bits per heavy atom. The molecule has 0 aromatic rings. The quantitative estimate of drug-likeness (QED) is 0.446. The largest absolute Gasteiger partial charge is 0.371 e. The van der Waals surface area contributed by atoms with E-state index in [0.29, 0.717) is 0 Å². The number of hydrogen-bond donors (Lipinski definition) is 2. The number of primary amides is 1. The second-order valence-electron chi connectivity index (χ2n) is 3.58. The summed E-state index contributed by atoms with van der Waals surface area (Å²) in [6.07, 6.45) is -1.74. The third-order valence-electron chi connectivity index (χ3n) is 2.56. The van der Waals surface area contributed by atoms with Gasteiger partial charge in [-0.3, -0.25) is 0 Å². The molecule has 0 aliphatic carbocycles. The first-order valence-electron chi connectivity index (χ1n) is 4.68. The van der Waals surface area contributed by atoms with Gasteiger partial charge in [-0.1, -0.05) is 0 Å². The first-order chi connectivity index (χ1) is 7.58. The lowest BCUT2D eigenvalue weighted by Crippen LogP contribution is -2.46. The molecule has 2 amide bonds. The lowest BCUT2D eigenvalue weighted by atomic mass is 10.1. The van der Waals surface area contributed by atoms with Crippen LogP contribution in [0.4, 0.5) is 4.79 Å². The second kappa shape index (κ2) is 4.10. The van der Waals surface area contributed by atoms with Crippen LogP contribution in [0.1, 0.15) is 0 Å². The summed E-state index contributed by atoms with van der Waals surface area (Å²) >= 11 is 0. The van der Waals surface area contributed by atoms with Crippen LogP contribution >= 0.6 is 0 Å². The monoisotopic (exact) mass is 233 g/mol. The van der Waals surface area contributed by atoms with Gasteiger partial charge in [-0.15, -0.1) is 10.1 Å². The van der Waals surface area contributed by atoms with Crippen molar-refractivity contribution in [1.29, 1.82) is 0 Å². The van der Waals surface area contributed by atoms with Gasteiger partial charge >= 0.3 is 6.03 Å². The molecule has 2 saturated heterocycles. The maximum Gasteiger partial charge on any atom is 0.312 e. The highest BCUT2D eigenvalue weighted by Crippen LogP contribution is 2.28. The first kappa shape index (κ1) is 10.9. The fourth-order valence-corrected chi connectivity index (χ4v) is 1.97. The molecule has 0 radical (unpaired) electrons. The van der Waals surface area contributed by atoms with E-state index in [4.69, 9.17) is 15.2 Å². The minimum absolute atomic E-state index is 0.0628. The third kappa shape index (κ3) is 1.99. The van der Waals surface area contributed by atoms with Crippen LogP contribution in [0, 0.1) is 10.1 Å². The molecule has 90 valence electrons. The fourth-order valence-electron chi connectivity index (χ4n) is 1.97. The van der Waals surface area contributed by atoms with Crippen LogP contribution in [-0.2, 0) is 14.3 Å². The van der Waals surface area contributed by atoms with E-state index in [1.165, 1.54) is 0 Å². The second-order valence-corrected chi connectivity index (χ2v) is 3.58. The molecule has 9 heteroatoms. The number of amides is 2. The molecule has 4 atom stereocenters. The van der Waals surface area contributed by atoms with Crippen LogP contribution in [0.5, 0.6) is 0 Å². The van der Waals surface area contributed by atoms with E-state index in [9.17, 15) is 14.9 Å². The van der Waals surface area contributed by atoms with Gasteiger partial charge in [-0.05, 0) is 0 Å². The van der Waals surface area contributed by atoms with Crippen molar-refractivity contribution in [2.75, 3.05) is 13.2 Å². The number of carbonyl (C=O) groups is 1. The van der Waals surface area contributed by atoms with Crippen LogP contribution in [0.2, 0.25) is 0 Å². The molecular formula is C7H11N3O6. The fraction of sp³-hybridized carbons (Fsp3) is 0.857. The molecule has 0 aromatic carbocycles. The van der Waals surface area contributed by atoms with E-state index < -0.39 is 29.4 Å². The number of nitrogens with one attached hydrogen (secondary N) is 1. The molecule has 3 N–H and O–H groups in total. The van der Waals surface area contributed by atoms with Crippen molar-refractivity contribution in [1.82, 2.24) is 5.32 Å². The minimum Gasteiger partial charge on any atom is -0.371 e. The Morgan fingerprint density at radius 3 is 2.75 bits per heavy atom. The maximum absolute atomic E-state index is 10.7. The molecule has 0 aromatic heterocycles. The standard InChI is InChI=1S/C7H11N3O6/c8-7(11)9-3-1-14-6-4(16-10(12)13)2-15-5(3)6/h3-6H,1-2H2,(H3,8,9,11)/t3-,4+,5-,6-/m1/s1. The predicted octanol–water partition coefficient (Wildman–Crippen LogP) is -1.60. The highest BCUT2D eigenvalue weighted by molar-refractivity contribution is 5.72. The predicted molar refractivity (Wildman–Crippen MR) is 47.9 cm³/mol. The molecule has 0 spiro atoms. The van der Waals surface area contributed by atoms with E-state index in [-0.39, 0.29) is 19.3 Å². The number of nitrogens with zero attached hydrogens (tertiary/aromatic N) is 1. The highest BCUT2D eigenvalue weighted by Gasteiger charge is 2.49.